The van der Waals surface area contributed by atoms with Crippen LogP contribution in [0.15, 0.2) is 0 Å². The van der Waals surface area contributed by atoms with Crippen LogP contribution in [0.5, 0.6) is 0 Å². The van der Waals surface area contributed by atoms with E-state index in [2.05, 4.69) is 0 Å². The van der Waals surface area contributed by atoms with Crippen molar-refractivity contribution < 1.29 is 15.0 Å². The standard InChI is InChI=1S/C10H18O3/c1-6(2)10(9(12)13)5-8(11)4-7(10)3/h6-8,11H,4-5H2,1-3H3,(H,12,13)/t7?,8-,10-/m1/s1. The minimum atomic E-state index is -0.758. The van der Waals surface area contributed by atoms with E-state index in [0.29, 0.717) is 12.8 Å². The van der Waals surface area contributed by atoms with Gasteiger partial charge in [-0.25, -0.2) is 0 Å². The molecule has 3 heteroatoms. The van der Waals surface area contributed by atoms with Crippen molar-refractivity contribution in [3.63, 3.8) is 0 Å². The van der Waals surface area contributed by atoms with Gasteiger partial charge in [-0.2, -0.15) is 0 Å². The van der Waals surface area contributed by atoms with Crippen LogP contribution in [0.1, 0.15) is 33.6 Å². The summed E-state index contributed by atoms with van der Waals surface area (Å²) in [6.45, 7) is 5.76. The van der Waals surface area contributed by atoms with Crippen molar-refractivity contribution in [3.8, 4) is 0 Å². The Morgan fingerprint density at radius 2 is 2.08 bits per heavy atom. The second-order valence-electron chi connectivity index (χ2n) is 4.49. The molecule has 2 N–H and O–H groups in total. The minimum absolute atomic E-state index is 0.0694. The van der Waals surface area contributed by atoms with Crippen LogP contribution in [-0.2, 0) is 4.79 Å². The van der Waals surface area contributed by atoms with Crippen molar-refractivity contribution in [1.29, 1.82) is 0 Å². The molecule has 3 nitrogen and oxygen atoms in total. The summed E-state index contributed by atoms with van der Waals surface area (Å²) in [5.74, 6) is -0.608. The molecule has 0 bridgehead atoms. The molecular formula is C10H18O3. The normalized spacial score (nSPS) is 39.8. The molecule has 1 aliphatic carbocycles. The molecular weight excluding hydrogens is 168 g/mol. The Balaban J connectivity index is 2.98. The third-order valence-electron chi connectivity index (χ3n) is 3.51. The minimum Gasteiger partial charge on any atom is -0.481 e. The van der Waals surface area contributed by atoms with Crippen LogP contribution in [0.25, 0.3) is 0 Å². The Hall–Kier alpha value is -0.570. The lowest BCUT2D eigenvalue weighted by atomic mass is 9.70. The molecule has 0 aromatic rings. The number of rotatable bonds is 2. The fraction of sp³-hybridized carbons (Fsp3) is 0.900. The van der Waals surface area contributed by atoms with Gasteiger partial charge in [0.05, 0.1) is 11.5 Å². The highest BCUT2D eigenvalue weighted by molar-refractivity contribution is 5.76. The van der Waals surface area contributed by atoms with Crippen LogP contribution < -0.4 is 0 Å². The molecule has 1 aliphatic rings. The maximum atomic E-state index is 11.2. The number of carbonyl (C=O) groups is 1. The summed E-state index contributed by atoms with van der Waals surface area (Å²) >= 11 is 0. The van der Waals surface area contributed by atoms with Crippen LogP contribution in [0.3, 0.4) is 0 Å². The zero-order valence-corrected chi connectivity index (χ0v) is 8.45. The lowest BCUT2D eigenvalue weighted by Gasteiger charge is -2.32. The molecule has 0 radical (unpaired) electrons. The van der Waals surface area contributed by atoms with Gasteiger partial charge < -0.3 is 10.2 Å². The van der Waals surface area contributed by atoms with Gasteiger partial charge in [-0.3, -0.25) is 4.79 Å². The van der Waals surface area contributed by atoms with Gasteiger partial charge in [0.1, 0.15) is 0 Å². The van der Waals surface area contributed by atoms with Crippen LogP contribution >= 0.6 is 0 Å². The van der Waals surface area contributed by atoms with Crippen molar-refractivity contribution in [2.75, 3.05) is 0 Å². The largest absolute Gasteiger partial charge is 0.481 e. The van der Waals surface area contributed by atoms with E-state index in [0.717, 1.165) is 0 Å². The van der Waals surface area contributed by atoms with Crippen LogP contribution in [0.4, 0.5) is 0 Å². The molecule has 1 fully saturated rings. The molecule has 1 saturated carbocycles. The second kappa shape index (κ2) is 3.29. The molecule has 13 heavy (non-hydrogen) atoms. The van der Waals surface area contributed by atoms with Gasteiger partial charge in [0.2, 0.25) is 0 Å². The summed E-state index contributed by atoms with van der Waals surface area (Å²) < 4.78 is 0. The summed E-state index contributed by atoms with van der Waals surface area (Å²) in [6, 6.07) is 0. The monoisotopic (exact) mass is 186 g/mol. The van der Waals surface area contributed by atoms with E-state index >= 15 is 0 Å². The Kier molecular flexibility index (Phi) is 2.66. The Labute approximate surface area is 78.8 Å². The molecule has 0 aromatic carbocycles. The van der Waals surface area contributed by atoms with Crippen molar-refractivity contribution in [3.05, 3.63) is 0 Å². The summed E-state index contributed by atoms with van der Waals surface area (Å²) in [5.41, 5.74) is -0.709. The van der Waals surface area contributed by atoms with E-state index in [1.54, 1.807) is 0 Å². The van der Waals surface area contributed by atoms with E-state index in [1.807, 2.05) is 20.8 Å². The maximum Gasteiger partial charge on any atom is 0.310 e. The summed E-state index contributed by atoms with van der Waals surface area (Å²) in [4.78, 5) is 11.2. The first-order chi connectivity index (χ1) is 5.91. The topological polar surface area (TPSA) is 57.5 Å². The Bertz CT molecular complexity index is 212. The number of hydrogen-bond acceptors (Lipinski definition) is 2. The molecule has 0 aliphatic heterocycles. The second-order valence-corrected chi connectivity index (χ2v) is 4.49. The first-order valence-corrected chi connectivity index (χ1v) is 4.82. The molecule has 0 heterocycles. The van der Waals surface area contributed by atoms with Gasteiger partial charge in [0.15, 0.2) is 0 Å². The Morgan fingerprint density at radius 1 is 1.54 bits per heavy atom. The average Bonchev–Trinajstić information content (AvgIpc) is 2.26. The highest BCUT2D eigenvalue weighted by Gasteiger charge is 2.52. The summed E-state index contributed by atoms with van der Waals surface area (Å²) in [5, 5.41) is 18.7. The van der Waals surface area contributed by atoms with Crippen molar-refractivity contribution in [1.82, 2.24) is 0 Å². The summed E-state index contributed by atoms with van der Waals surface area (Å²) in [7, 11) is 0. The lowest BCUT2D eigenvalue weighted by molar-refractivity contribution is -0.154. The van der Waals surface area contributed by atoms with E-state index in [1.165, 1.54) is 0 Å². The molecule has 1 rings (SSSR count). The number of aliphatic carboxylic acids is 1. The molecule has 0 spiro atoms. The van der Waals surface area contributed by atoms with Gasteiger partial charge in [0, 0.05) is 0 Å². The lowest BCUT2D eigenvalue weighted by Crippen LogP contribution is -2.38. The van der Waals surface area contributed by atoms with Crippen LogP contribution in [0, 0.1) is 17.3 Å². The highest BCUT2D eigenvalue weighted by Crippen LogP contribution is 2.48. The zero-order chi connectivity index (χ0) is 10.2. The van der Waals surface area contributed by atoms with Crippen LogP contribution in [-0.4, -0.2) is 22.3 Å². The third-order valence-corrected chi connectivity index (χ3v) is 3.51. The summed E-state index contributed by atoms with van der Waals surface area (Å²) in [6.07, 6.45) is 0.583. The van der Waals surface area contributed by atoms with Gasteiger partial charge in [-0.1, -0.05) is 20.8 Å². The smallest absolute Gasteiger partial charge is 0.310 e. The molecule has 0 saturated heterocycles. The van der Waals surface area contributed by atoms with Crippen molar-refractivity contribution >= 4 is 5.97 Å². The zero-order valence-electron chi connectivity index (χ0n) is 8.45. The van der Waals surface area contributed by atoms with Crippen molar-refractivity contribution in [2.45, 2.75) is 39.7 Å². The number of hydrogen-bond donors (Lipinski definition) is 2. The van der Waals surface area contributed by atoms with E-state index < -0.39 is 17.5 Å². The first-order valence-electron chi connectivity index (χ1n) is 4.82. The number of aliphatic hydroxyl groups is 1. The highest BCUT2D eigenvalue weighted by atomic mass is 16.4. The predicted molar refractivity (Wildman–Crippen MR) is 49.3 cm³/mol. The predicted octanol–water partition coefficient (Wildman–Crippen LogP) is 1.50. The van der Waals surface area contributed by atoms with Gasteiger partial charge >= 0.3 is 5.97 Å². The molecule has 0 amide bonds. The first kappa shape index (κ1) is 10.5. The van der Waals surface area contributed by atoms with Crippen molar-refractivity contribution in [2.24, 2.45) is 17.3 Å². The quantitative estimate of drug-likeness (QED) is 0.687. The van der Waals surface area contributed by atoms with E-state index in [9.17, 15) is 15.0 Å². The number of carboxylic acids is 1. The fourth-order valence-electron chi connectivity index (χ4n) is 2.64. The molecule has 3 atom stereocenters. The third kappa shape index (κ3) is 1.46. The average molecular weight is 186 g/mol. The number of aliphatic hydroxyl groups excluding tert-OH is 1. The van der Waals surface area contributed by atoms with Gasteiger partial charge in [-0.05, 0) is 24.7 Å². The SMILES string of the molecule is CC(C)[C@]1(C(=O)O)C[C@H](O)CC1C. The number of carboxylic acid groups (broad SMARTS) is 1. The van der Waals surface area contributed by atoms with Gasteiger partial charge in [0.25, 0.3) is 0 Å². The Morgan fingerprint density at radius 3 is 2.23 bits per heavy atom. The molecule has 0 aromatic heterocycles. The molecule has 76 valence electrons. The molecule has 1 unspecified atom stereocenters. The fourth-order valence-corrected chi connectivity index (χ4v) is 2.64. The van der Waals surface area contributed by atoms with E-state index in [4.69, 9.17) is 0 Å². The van der Waals surface area contributed by atoms with E-state index in [-0.39, 0.29) is 11.8 Å². The van der Waals surface area contributed by atoms with Gasteiger partial charge in [-0.15, -0.1) is 0 Å². The van der Waals surface area contributed by atoms with Crippen LogP contribution in [0.2, 0.25) is 0 Å². The maximum absolute atomic E-state index is 11.2.